The zero-order chi connectivity index (χ0) is 22.9. The molecule has 1 aliphatic heterocycles. The van der Waals surface area contributed by atoms with Crippen LogP contribution in [0.1, 0.15) is 30.9 Å². The third kappa shape index (κ3) is 7.24. The Morgan fingerprint density at radius 1 is 0.970 bits per heavy atom. The van der Waals surface area contributed by atoms with E-state index in [0.717, 1.165) is 44.6 Å². The van der Waals surface area contributed by atoms with Crippen molar-refractivity contribution in [2.24, 2.45) is 0 Å². The third-order valence-electron chi connectivity index (χ3n) is 5.91. The van der Waals surface area contributed by atoms with Crippen molar-refractivity contribution in [2.45, 2.75) is 31.4 Å². The van der Waals surface area contributed by atoms with E-state index in [9.17, 15) is 4.79 Å². The average Bonchev–Trinajstić information content (AvgIpc) is 2.84. The van der Waals surface area contributed by atoms with Crippen LogP contribution in [0.3, 0.4) is 0 Å². The monoisotopic (exact) mass is 463 g/mol. The Morgan fingerprint density at radius 2 is 1.67 bits per heavy atom. The maximum atomic E-state index is 12.3. The van der Waals surface area contributed by atoms with Gasteiger partial charge < -0.3 is 20.3 Å². The van der Waals surface area contributed by atoms with E-state index in [4.69, 9.17) is 16.3 Å². The lowest BCUT2D eigenvalue weighted by Gasteiger charge is -2.33. The highest BCUT2D eigenvalue weighted by atomic mass is 35.5. The number of hydrogen-bond donors (Lipinski definition) is 2. The van der Waals surface area contributed by atoms with Crippen molar-refractivity contribution in [3.8, 4) is 5.75 Å². The average molecular weight is 464 g/mol. The Balaban J connectivity index is 1.24. The first-order chi connectivity index (χ1) is 16.2. The predicted molar refractivity (Wildman–Crippen MR) is 134 cm³/mol. The molecule has 0 aliphatic carbocycles. The molecule has 5 nitrogen and oxygen atoms in total. The Morgan fingerprint density at radius 3 is 2.36 bits per heavy atom. The molecule has 33 heavy (non-hydrogen) atoms. The number of amides is 2. The van der Waals surface area contributed by atoms with Crippen molar-refractivity contribution < 1.29 is 9.53 Å². The number of nitrogens with zero attached hydrogens (tertiary/aromatic N) is 1. The third-order valence-corrected chi connectivity index (χ3v) is 6.14. The largest absolute Gasteiger partial charge is 0.486 e. The number of rotatable bonds is 8. The number of nitrogens with one attached hydrogen (secondary N) is 2. The first-order valence-corrected chi connectivity index (χ1v) is 11.9. The van der Waals surface area contributed by atoms with Crippen molar-refractivity contribution in [3.63, 3.8) is 0 Å². The van der Waals surface area contributed by atoms with Crippen LogP contribution in [0.15, 0.2) is 84.9 Å². The molecule has 1 unspecified atom stereocenters. The number of anilines is 1. The molecule has 4 rings (SSSR count). The molecule has 6 heteroatoms. The van der Waals surface area contributed by atoms with Gasteiger partial charge in [-0.2, -0.15) is 0 Å². The summed E-state index contributed by atoms with van der Waals surface area (Å²) in [5.74, 6) is 0.889. The van der Waals surface area contributed by atoms with Gasteiger partial charge in [0.25, 0.3) is 0 Å². The fourth-order valence-corrected chi connectivity index (χ4v) is 4.33. The van der Waals surface area contributed by atoms with Gasteiger partial charge in [-0.05, 0) is 48.7 Å². The van der Waals surface area contributed by atoms with Crippen molar-refractivity contribution >= 4 is 23.3 Å². The first-order valence-electron chi connectivity index (χ1n) is 11.5. The summed E-state index contributed by atoms with van der Waals surface area (Å²) in [6.45, 7) is 2.86. The highest BCUT2D eigenvalue weighted by Crippen LogP contribution is 2.25. The van der Waals surface area contributed by atoms with E-state index >= 15 is 0 Å². The Labute approximate surface area is 200 Å². The van der Waals surface area contributed by atoms with Crippen LogP contribution in [-0.2, 0) is 0 Å². The molecular formula is C27H30ClN3O2. The lowest BCUT2D eigenvalue weighted by atomic mass is 10.0. The number of piperidine rings is 1. The maximum Gasteiger partial charge on any atom is 0.319 e. The number of halogens is 1. The van der Waals surface area contributed by atoms with Crippen LogP contribution in [0.5, 0.6) is 5.75 Å². The lowest BCUT2D eigenvalue weighted by Crippen LogP contribution is -2.46. The van der Waals surface area contributed by atoms with Crippen LogP contribution in [0, 0.1) is 0 Å². The second kappa shape index (κ2) is 11.7. The molecule has 1 atom stereocenters. The normalized spacial score (nSPS) is 15.5. The smallest absolute Gasteiger partial charge is 0.319 e. The molecule has 172 valence electrons. The first kappa shape index (κ1) is 23.1. The molecule has 1 fully saturated rings. The molecule has 0 saturated carbocycles. The number of hydrogen-bond acceptors (Lipinski definition) is 3. The van der Waals surface area contributed by atoms with Gasteiger partial charge in [-0.25, -0.2) is 4.79 Å². The van der Waals surface area contributed by atoms with E-state index in [0.29, 0.717) is 10.7 Å². The van der Waals surface area contributed by atoms with E-state index in [1.807, 2.05) is 48.5 Å². The van der Waals surface area contributed by atoms with Gasteiger partial charge in [-0.3, -0.25) is 0 Å². The fourth-order valence-electron chi connectivity index (χ4n) is 4.14. The molecule has 3 aromatic rings. The number of benzene rings is 3. The van der Waals surface area contributed by atoms with Crippen LogP contribution >= 0.6 is 11.6 Å². The molecule has 3 aromatic carbocycles. The van der Waals surface area contributed by atoms with Crippen molar-refractivity contribution in [2.75, 3.05) is 25.0 Å². The number of carbonyl (C=O) groups excluding carboxylic acids is 1. The SMILES string of the molecule is O=C(Nc1cccc(Cl)c1)NC1CCN(CCC(Oc2ccccc2)c2ccccc2)CC1. The molecule has 0 aromatic heterocycles. The van der Waals surface area contributed by atoms with Gasteiger partial charge >= 0.3 is 6.03 Å². The van der Waals surface area contributed by atoms with Crippen LogP contribution in [0.25, 0.3) is 0 Å². The van der Waals surface area contributed by atoms with Gasteiger partial charge in [-0.15, -0.1) is 0 Å². The molecular weight excluding hydrogens is 434 g/mol. The fraction of sp³-hybridized carbons (Fsp3) is 0.296. The number of urea groups is 1. The minimum atomic E-state index is -0.184. The molecule has 2 N–H and O–H groups in total. The highest BCUT2D eigenvalue weighted by molar-refractivity contribution is 6.30. The van der Waals surface area contributed by atoms with E-state index in [1.54, 1.807) is 12.1 Å². The summed E-state index contributed by atoms with van der Waals surface area (Å²) in [5.41, 5.74) is 1.89. The number of ether oxygens (including phenoxy) is 1. The van der Waals surface area contributed by atoms with Crippen LogP contribution in [0.2, 0.25) is 5.02 Å². The van der Waals surface area contributed by atoms with Gasteiger partial charge in [-0.1, -0.05) is 66.2 Å². The summed E-state index contributed by atoms with van der Waals surface area (Å²) < 4.78 is 6.33. The molecule has 1 heterocycles. The Kier molecular flexibility index (Phi) is 8.23. The zero-order valence-electron chi connectivity index (χ0n) is 18.6. The molecule has 0 spiro atoms. The predicted octanol–water partition coefficient (Wildman–Crippen LogP) is 6.14. The summed E-state index contributed by atoms with van der Waals surface area (Å²) in [4.78, 5) is 14.8. The number of carbonyl (C=O) groups is 1. The molecule has 0 radical (unpaired) electrons. The highest BCUT2D eigenvalue weighted by Gasteiger charge is 2.22. The topological polar surface area (TPSA) is 53.6 Å². The van der Waals surface area contributed by atoms with E-state index in [-0.39, 0.29) is 18.2 Å². The van der Waals surface area contributed by atoms with E-state index in [2.05, 4.69) is 39.8 Å². The second-order valence-electron chi connectivity index (χ2n) is 8.34. The van der Waals surface area contributed by atoms with Gasteiger partial charge in [0.1, 0.15) is 11.9 Å². The van der Waals surface area contributed by atoms with E-state index < -0.39 is 0 Å². The summed E-state index contributed by atoms with van der Waals surface area (Å²) >= 11 is 5.99. The van der Waals surface area contributed by atoms with E-state index in [1.165, 1.54) is 5.56 Å². The van der Waals surface area contributed by atoms with Gasteiger partial charge in [0.2, 0.25) is 0 Å². The van der Waals surface area contributed by atoms with Crippen molar-refractivity contribution in [1.29, 1.82) is 0 Å². The van der Waals surface area contributed by atoms with Crippen LogP contribution < -0.4 is 15.4 Å². The standard InChI is InChI=1S/C27H30ClN3O2/c28-22-10-7-11-24(20-22)30-27(32)29-23-14-17-31(18-15-23)19-16-26(21-8-3-1-4-9-21)33-25-12-5-2-6-13-25/h1-13,20,23,26H,14-19H2,(H2,29,30,32). The summed E-state index contributed by atoms with van der Waals surface area (Å²) in [6, 6.07) is 27.6. The molecule has 1 saturated heterocycles. The number of likely N-dealkylation sites (tertiary alicyclic amines) is 1. The quantitative estimate of drug-likeness (QED) is 0.422. The molecule has 2 amide bonds. The second-order valence-corrected chi connectivity index (χ2v) is 8.78. The Bertz CT molecular complexity index is 1010. The number of para-hydroxylation sites is 1. The minimum Gasteiger partial charge on any atom is -0.486 e. The summed E-state index contributed by atoms with van der Waals surface area (Å²) in [6.07, 6.45) is 2.77. The summed E-state index contributed by atoms with van der Waals surface area (Å²) in [7, 11) is 0. The van der Waals surface area contributed by atoms with Crippen LogP contribution in [-0.4, -0.2) is 36.6 Å². The molecule has 1 aliphatic rings. The molecule has 0 bridgehead atoms. The van der Waals surface area contributed by atoms with Gasteiger partial charge in [0.05, 0.1) is 0 Å². The zero-order valence-corrected chi connectivity index (χ0v) is 19.4. The minimum absolute atomic E-state index is 0.00734. The van der Waals surface area contributed by atoms with Crippen molar-refractivity contribution in [3.05, 3.63) is 95.5 Å². The summed E-state index contributed by atoms with van der Waals surface area (Å²) in [5, 5.41) is 6.55. The maximum absolute atomic E-state index is 12.3. The van der Waals surface area contributed by atoms with Gasteiger partial charge in [0, 0.05) is 42.8 Å². The van der Waals surface area contributed by atoms with Gasteiger partial charge in [0.15, 0.2) is 0 Å². The van der Waals surface area contributed by atoms with Crippen LogP contribution in [0.4, 0.5) is 10.5 Å². The lowest BCUT2D eigenvalue weighted by molar-refractivity contribution is 0.144. The Hall–Kier alpha value is -3.02. The van der Waals surface area contributed by atoms with Crippen molar-refractivity contribution in [1.82, 2.24) is 10.2 Å².